The normalized spacial score (nSPS) is 16.1. The smallest absolute Gasteiger partial charge is 0.337 e. The van der Waals surface area contributed by atoms with Crippen molar-refractivity contribution in [2.75, 3.05) is 19.6 Å². The first kappa shape index (κ1) is 20.3. The molecule has 0 spiro atoms. The van der Waals surface area contributed by atoms with E-state index in [9.17, 15) is 18.0 Å². The number of amides is 1. The standard InChI is InChI=1S/C23H22F3N3O/c24-23(25,26)20-6-2-1-4-19(20)16-29-13-12-28(11-9-22(29)30)15-17-7-8-21-18(14-17)5-3-10-27-21/h1-8,10,14H,9,11-13,15-16H2. The fourth-order valence-corrected chi connectivity index (χ4v) is 3.86. The molecular weight excluding hydrogens is 391 g/mol. The number of hydrogen-bond acceptors (Lipinski definition) is 3. The van der Waals surface area contributed by atoms with E-state index in [0.29, 0.717) is 32.6 Å². The molecule has 0 saturated carbocycles. The van der Waals surface area contributed by atoms with Crippen LogP contribution >= 0.6 is 0 Å². The maximum absolute atomic E-state index is 13.3. The van der Waals surface area contributed by atoms with Gasteiger partial charge in [0.1, 0.15) is 0 Å². The third-order valence-electron chi connectivity index (χ3n) is 5.44. The van der Waals surface area contributed by atoms with Crippen molar-refractivity contribution in [3.05, 3.63) is 77.5 Å². The predicted octanol–water partition coefficient (Wildman–Crippen LogP) is 4.49. The first-order valence-corrected chi connectivity index (χ1v) is 9.89. The maximum Gasteiger partial charge on any atom is 0.416 e. The van der Waals surface area contributed by atoms with Crippen molar-refractivity contribution >= 4 is 16.8 Å². The number of nitrogens with zero attached hydrogens (tertiary/aromatic N) is 3. The van der Waals surface area contributed by atoms with Gasteiger partial charge in [-0.2, -0.15) is 13.2 Å². The van der Waals surface area contributed by atoms with E-state index in [2.05, 4.69) is 16.0 Å². The van der Waals surface area contributed by atoms with Crippen LogP contribution in [0.4, 0.5) is 13.2 Å². The summed E-state index contributed by atoms with van der Waals surface area (Å²) in [5.74, 6) is -0.114. The van der Waals surface area contributed by atoms with Crippen LogP contribution in [0.1, 0.15) is 23.1 Å². The van der Waals surface area contributed by atoms with E-state index in [1.807, 2.05) is 24.3 Å². The summed E-state index contributed by atoms with van der Waals surface area (Å²) < 4.78 is 39.8. The molecular formula is C23H22F3N3O. The van der Waals surface area contributed by atoms with Gasteiger partial charge in [-0.25, -0.2) is 0 Å². The lowest BCUT2D eigenvalue weighted by molar-refractivity contribution is -0.139. The number of pyridine rings is 1. The first-order chi connectivity index (χ1) is 14.4. The van der Waals surface area contributed by atoms with Gasteiger partial charge in [-0.3, -0.25) is 14.7 Å². The number of alkyl halides is 3. The van der Waals surface area contributed by atoms with Gasteiger partial charge < -0.3 is 4.90 Å². The van der Waals surface area contributed by atoms with E-state index in [1.165, 1.54) is 17.0 Å². The Labute approximate surface area is 172 Å². The minimum Gasteiger partial charge on any atom is -0.337 e. The maximum atomic E-state index is 13.3. The van der Waals surface area contributed by atoms with Crippen LogP contribution in [-0.4, -0.2) is 40.3 Å². The molecule has 4 rings (SSSR count). The second-order valence-electron chi connectivity index (χ2n) is 7.53. The highest BCUT2D eigenvalue weighted by Gasteiger charge is 2.34. The number of rotatable bonds is 4. The molecule has 2 heterocycles. The molecule has 1 aromatic heterocycles. The van der Waals surface area contributed by atoms with Gasteiger partial charge in [-0.05, 0) is 35.4 Å². The number of carbonyl (C=O) groups excluding carboxylic acids is 1. The molecule has 0 radical (unpaired) electrons. The third-order valence-corrected chi connectivity index (χ3v) is 5.44. The molecule has 1 saturated heterocycles. The van der Waals surface area contributed by atoms with Gasteiger partial charge in [0.05, 0.1) is 11.1 Å². The monoisotopic (exact) mass is 413 g/mol. The lowest BCUT2D eigenvalue weighted by Gasteiger charge is -2.24. The Balaban J connectivity index is 1.44. The third kappa shape index (κ3) is 4.62. The molecule has 3 aromatic rings. The molecule has 30 heavy (non-hydrogen) atoms. The lowest BCUT2D eigenvalue weighted by Crippen LogP contribution is -2.33. The molecule has 1 amide bonds. The summed E-state index contributed by atoms with van der Waals surface area (Å²) >= 11 is 0. The highest BCUT2D eigenvalue weighted by molar-refractivity contribution is 5.79. The predicted molar refractivity (Wildman–Crippen MR) is 108 cm³/mol. The summed E-state index contributed by atoms with van der Waals surface area (Å²) in [7, 11) is 0. The highest BCUT2D eigenvalue weighted by atomic mass is 19.4. The molecule has 1 aliphatic rings. The Bertz CT molecular complexity index is 1050. The summed E-state index contributed by atoms with van der Waals surface area (Å²) in [6, 6.07) is 15.5. The molecule has 1 aliphatic heterocycles. The fourth-order valence-electron chi connectivity index (χ4n) is 3.86. The van der Waals surface area contributed by atoms with Crippen molar-refractivity contribution in [1.82, 2.24) is 14.8 Å². The second kappa shape index (κ2) is 8.44. The van der Waals surface area contributed by atoms with E-state index >= 15 is 0 Å². The molecule has 0 N–H and O–H groups in total. The van der Waals surface area contributed by atoms with E-state index < -0.39 is 11.7 Å². The zero-order chi connectivity index (χ0) is 21.1. The average molecular weight is 413 g/mol. The Hall–Kier alpha value is -2.93. The van der Waals surface area contributed by atoms with Crippen molar-refractivity contribution < 1.29 is 18.0 Å². The van der Waals surface area contributed by atoms with Crippen LogP contribution in [0.3, 0.4) is 0 Å². The molecule has 0 aliphatic carbocycles. The number of halogens is 3. The summed E-state index contributed by atoms with van der Waals surface area (Å²) in [5.41, 5.74) is 1.51. The SMILES string of the molecule is O=C1CCN(Cc2ccc3ncccc3c2)CCN1Cc1ccccc1C(F)(F)F. The molecule has 2 aromatic carbocycles. The van der Waals surface area contributed by atoms with Gasteiger partial charge in [-0.1, -0.05) is 30.3 Å². The Morgan fingerprint density at radius 1 is 0.933 bits per heavy atom. The second-order valence-corrected chi connectivity index (χ2v) is 7.53. The highest BCUT2D eigenvalue weighted by Crippen LogP contribution is 2.32. The number of aromatic nitrogens is 1. The van der Waals surface area contributed by atoms with Crippen molar-refractivity contribution in [2.24, 2.45) is 0 Å². The van der Waals surface area contributed by atoms with Crippen molar-refractivity contribution in [1.29, 1.82) is 0 Å². The van der Waals surface area contributed by atoms with Crippen LogP contribution in [0.15, 0.2) is 60.8 Å². The summed E-state index contributed by atoms with van der Waals surface area (Å²) in [4.78, 5) is 20.6. The van der Waals surface area contributed by atoms with Crippen molar-refractivity contribution in [3.8, 4) is 0 Å². The van der Waals surface area contributed by atoms with Gasteiger partial charge in [0.15, 0.2) is 0 Å². The van der Waals surface area contributed by atoms with E-state index in [4.69, 9.17) is 0 Å². The number of carbonyl (C=O) groups is 1. The Morgan fingerprint density at radius 2 is 1.77 bits per heavy atom. The molecule has 4 nitrogen and oxygen atoms in total. The molecule has 0 atom stereocenters. The van der Waals surface area contributed by atoms with Gasteiger partial charge >= 0.3 is 6.18 Å². The Morgan fingerprint density at radius 3 is 2.60 bits per heavy atom. The van der Waals surface area contributed by atoms with Crippen LogP contribution in [0.5, 0.6) is 0 Å². The number of hydrogen-bond donors (Lipinski definition) is 0. The van der Waals surface area contributed by atoms with Gasteiger partial charge in [0, 0.05) is 50.7 Å². The molecule has 156 valence electrons. The minimum absolute atomic E-state index is 0.0238. The van der Waals surface area contributed by atoms with Crippen molar-refractivity contribution in [3.63, 3.8) is 0 Å². The molecule has 0 bridgehead atoms. The van der Waals surface area contributed by atoms with E-state index in [-0.39, 0.29) is 18.0 Å². The lowest BCUT2D eigenvalue weighted by atomic mass is 10.1. The first-order valence-electron chi connectivity index (χ1n) is 9.89. The number of benzene rings is 2. The van der Waals surface area contributed by atoms with Gasteiger partial charge in [0.25, 0.3) is 0 Å². The quantitative estimate of drug-likeness (QED) is 0.633. The van der Waals surface area contributed by atoms with Crippen LogP contribution in [0.2, 0.25) is 0 Å². The van der Waals surface area contributed by atoms with E-state index in [1.54, 1.807) is 12.3 Å². The summed E-state index contributed by atoms with van der Waals surface area (Å²) in [6.45, 7) is 2.27. The van der Waals surface area contributed by atoms with E-state index in [0.717, 1.165) is 22.5 Å². The summed E-state index contributed by atoms with van der Waals surface area (Å²) in [6.07, 6.45) is -2.38. The zero-order valence-corrected chi connectivity index (χ0v) is 16.4. The van der Waals surface area contributed by atoms with Gasteiger partial charge in [0.2, 0.25) is 5.91 Å². The molecule has 1 fully saturated rings. The topological polar surface area (TPSA) is 36.4 Å². The van der Waals surface area contributed by atoms with Crippen LogP contribution in [0.25, 0.3) is 10.9 Å². The van der Waals surface area contributed by atoms with Crippen LogP contribution < -0.4 is 0 Å². The van der Waals surface area contributed by atoms with Crippen LogP contribution in [-0.2, 0) is 24.1 Å². The largest absolute Gasteiger partial charge is 0.416 e. The average Bonchev–Trinajstić information content (AvgIpc) is 2.90. The van der Waals surface area contributed by atoms with Crippen molar-refractivity contribution in [2.45, 2.75) is 25.7 Å². The zero-order valence-electron chi connectivity index (χ0n) is 16.4. The van der Waals surface area contributed by atoms with Crippen LogP contribution in [0, 0.1) is 0 Å². The summed E-state index contributed by atoms with van der Waals surface area (Å²) in [5, 5.41) is 1.06. The minimum atomic E-state index is -4.43. The van der Waals surface area contributed by atoms with Gasteiger partial charge in [-0.15, -0.1) is 0 Å². The molecule has 0 unspecified atom stereocenters. The fraction of sp³-hybridized carbons (Fsp3) is 0.304. The molecule has 7 heteroatoms. The Kier molecular flexibility index (Phi) is 5.72. The number of fused-ring (bicyclic) bond motifs is 1.